The minimum Gasteiger partial charge on any atom is -0.358 e. The third-order valence-electron chi connectivity index (χ3n) is 1.79. The average Bonchev–Trinajstić information content (AvgIpc) is 2.19. The Morgan fingerprint density at radius 2 is 2.07 bits per heavy atom. The van der Waals surface area contributed by atoms with Crippen molar-refractivity contribution in [3.63, 3.8) is 0 Å². The van der Waals surface area contributed by atoms with E-state index >= 15 is 0 Å². The van der Waals surface area contributed by atoms with Crippen LogP contribution in [0.5, 0.6) is 0 Å². The van der Waals surface area contributed by atoms with E-state index in [1.165, 1.54) is 0 Å². The fraction of sp³-hybridized carbons (Fsp3) is 0.600. The van der Waals surface area contributed by atoms with E-state index in [2.05, 4.69) is 24.8 Å². The number of thiocarbonyl (C=S) groups is 1. The van der Waals surface area contributed by atoms with Gasteiger partial charge in [0.15, 0.2) is 0 Å². The summed E-state index contributed by atoms with van der Waals surface area (Å²) in [6, 6.07) is 2.09. The summed E-state index contributed by atoms with van der Waals surface area (Å²) >= 11 is 6.85. The lowest BCUT2D eigenvalue weighted by atomic mass is 10.3. The van der Waals surface area contributed by atoms with Crippen molar-refractivity contribution >= 4 is 28.3 Å². The van der Waals surface area contributed by atoms with Gasteiger partial charge in [0.05, 0.1) is 6.07 Å². The SMILES string of the molecule is CCN(CC)C(=S)SCC=C(C)C#N. The van der Waals surface area contributed by atoms with E-state index in [-0.39, 0.29) is 0 Å². The van der Waals surface area contributed by atoms with Crippen molar-refractivity contribution in [2.45, 2.75) is 20.8 Å². The van der Waals surface area contributed by atoms with Crippen LogP contribution in [-0.4, -0.2) is 28.1 Å². The van der Waals surface area contributed by atoms with Gasteiger partial charge in [-0.25, -0.2) is 0 Å². The lowest BCUT2D eigenvalue weighted by molar-refractivity contribution is 0.482. The highest BCUT2D eigenvalue weighted by Gasteiger charge is 2.03. The lowest BCUT2D eigenvalue weighted by Gasteiger charge is -2.20. The van der Waals surface area contributed by atoms with Crippen molar-refractivity contribution in [1.82, 2.24) is 4.90 Å². The van der Waals surface area contributed by atoms with E-state index in [4.69, 9.17) is 17.5 Å². The molecule has 0 heterocycles. The zero-order valence-electron chi connectivity index (χ0n) is 8.91. The number of hydrogen-bond acceptors (Lipinski definition) is 3. The van der Waals surface area contributed by atoms with Gasteiger partial charge in [0.2, 0.25) is 0 Å². The maximum absolute atomic E-state index is 8.53. The lowest BCUT2D eigenvalue weighted by Crippen LogP contribution is -2.26. The molecule has 78 valence electrons. The fourth-order valence-corrected chi connectivity index (χ4v) is 2.24. The summed E-state index contributed by atoms with van der Waals surface area (Å²) in [4.78, 5) is 2.13. The van der Waals surface area contributed by atoms with Crippen LogP contribution in [0.15, 0.2) is 11.6 Å². The van der Waals surface area contributed by atoms with Crippen molar-refractivity contribution in [2.75, 3.05) is 18.8 Å². The predicted octanol–water partition coefficient (Wildman–Crippen LogP) is 2.82. The molecular weight excluding hydrogens is 212 g/mol. The molecule has 0 unspecified atom stereocenters. The number of rotatable bonds is 4. The molecule has 0 bridgehead atoms. The molecule has 0 rings (SSSR count). The molecule has 2 nitrogen and oxygen atoms in total. The summed E-state index contributed by atoms with van der Waals surface area (Å²) < 4.78 is 0.914. The molecule has 0 atom stereocenters. The Morgan fingerprint density at radius 3 is 2.50 bits per heavy atom. The minimum absolute atomic E-state index is 0.750. The number of allylic oxidation sites excluding steroid dienone is 1. The standard InChI is InChI=1S/C10H16N2S2/c1-4-12(5-2)10(13)14-7-6-9(3)8-11/h6H,4-5,7H2,1-3H3. The molecule has 0 aliphatic carbocycles. The van der Waals surface area contributed by atoms with E-state index in [1.54, 1.807) is 18.7 Å². The van der Waals surface area contributed by atoms with Gasteiger partial charge in [0.25, 0.3) is 0 Å². The van der Waals surface area contributed by atoms with Crippen LogP contribution in [0.2, 0.25) is 0 Å². The van der Waals surface area contributed by atoms with Crippen LogP contribution in [0.25, 0.3) is 0 Å². The maximum atomic E-state index is 8.53. The zero-order valence-corrected chi connectivity index (χ0v) is 10.5. The number of nitriles is 1. The second-order valence-corrected chi connectivity index (χ2v) is 4.40. The Bertz CT molecular complexity index is 249. The van der Waals surface area contributed by atoms with Gasteiger partial charge < -0.3 is 4.90 Å². The van der Waals surface area contributed by atoms with Gasteiger partial charge >= 0.3 is 0 Å². The van der Waals surface area contributed by atoms with E-state index < -0.39 is 0 Å². The van der Waals surface area contributed by atoms with E-state index in [0.29, 0.717) is 0 Å². The molecule has 0 aromatic rings. The van der Waals surface area contributed by atoms with Crippen LogP contribution >= 0.6 is 24.0 Å². The highest BCUT2D eigenvalue weighted by molar-refractivity contribution is 8.23. The molecule has 4 heteroatoms. The predicted molar refractivity (Wildman–Crippen MR) is 67.3 cm³/mol. The van der Waals surface area contributed by atoms with Crippen LogP contribution in [0.3, 0.4) is 0 Å². The second kappa shape index (κ2) is 7.84. The van der Waals surface area contributed by atoms with Crippen molar-refractivity contribution in [1.29, 1.82) is 5.26 Å². The molecule has 0 aliphatic heterocycles. The maximum Gasteiger partial charge on any atom is 0.136 e. The van der Waals surface area contributed by atoms with E-state index in [1.807, 2.05) is 6.08 Å². The molecule has 0 N–H and O–H groups in total. The van der Waals surface area contributed by atoms with Gasteiger partial charge in [-0.2, -0.15) is 5.26 Å². The van der Waals surface area contributed by atoms with Crippen molar-refractivity contribution in [2.24, 2.45) is 0 Å². The van der Waals surface area contributed by atoms with Crippen molar-refractivity contribution in [3.8, 4) is 6.07 Å². The molecule has 0 aromatic carbocycles. The fourth-order valence-electron chi connectivity index (χ4n) is 0.857. The van der Waals surface area contributed by atoms with Gasteiger partial charge in [-0.3, -0.25) is 0 Å². The third-order valence-corrected chi connectivity index (χ3v) is 3.24. The molecule has 14 heavy (non-hydrogen) atoms. The first-order chi connectivity index (χ1) is 6.65. The monoisotopic (exact) mass is 228 g/mol. The first kappa shape index (κ1) is 13.5. The molecule has 0 aromatic heterocycles. The smallest absolute Gasteiger partial charge is 0.136 e. The Kier molecular flexibility index (Phi) is 7.54. The molecule has 0 fully saturated rings. The topological polar surface area (TPSA) is 27.0 Å². The van der Waals surface area contributed by atoms with Crippen LogP contribution in [0.4, 0.5) is 0 Å². The summed E-state index contributed by atoms with van der Waals surface area (Å²) in [5.41, 5.74) is 0.750. The molecule has 0 radical (unpaired) electrons. The van der Waals surface area contributed by atoms with E-state index in [9.17, 15) is 0 Å². The van der Waals surface area contributed by atoms with Gasteiger partial charge in [-0.05, 0) is 20.8 Å². The summed E-state index contributed by atoms with van der Waals surface area (Å²) in [5, 5.41) is 8.53. The van der Waals surface area contributed by atoms with Crippen LogP contribution in [-0.2, 0) is 0 Å². The molecule has 0 saturated heterocycles. The molecule has 0 saturated carbocycles. The quantitative estimate of drug-likeness (QED) is 0.546. The summed E-state index contributed by atoms with van der Waals surface area (Å²) in [7, 11) is 0. The average molecular weight is 228 g/mol. The largest absolute Gasteiger partial charge is 0.358 e. The third kappa shape index (κ3) is 5.25. The van der Waals surface area contributed by atoms with Gasteiger partial charge in [0, 0.05) is 24.4 Å². The highest BCUT2D eigenvalue weighted by atomic mass is 32.2. The van der Waals surface area contributed by atoms with E-state index in [0.717, 1.165) is 28.7 Å². The van der Waals surface area contributed by atoms with Gasteiger partial charge in [-0.15, -0.1) is 0 Å². The second-order valence-electron chi connectivity index (χ2n) is 2.75. The zero-order chi connectivity index (χ0) is 11.0. The number of hydrogen-bond donors (Lipinski definition) is 0. The Morgan fingerprint density at radius 1 is 1.50 bits per heavy atom. The first-order valence-corrected chi connectivity index (χ1v) is 6.03. The molecule has 0 aliphatic rings. The summed E-state index contributed by atoms with van der Waals surface area (Å²) in [5.74, 6) is 0.786. The summed E-state index contributed by atoms with van der Waals surface area (Å²) in [6.45, 7) is 7.88. The first-order valence-electron chi connectivity index (χ1n) is 4.64. The highest BCUT2D eigenvalue weighted by Crippen LogP contribution is 2.10. The van der Waals surface area contributed by atoms with Gasteiger partial charge in [0.1, 0.15) is 4.32 Å². The summed E-state index contributed by atoms with van der Waals surface area (Å²) in [6.07, 6.45) is 1.90. The van der Waals surface area contributed by atoms with Crippen LogP contribution < -0.4 is 0 Å². The van der Waals surface area contributed by atoms with Crippen LogP contribution in [0, 0.1) is 11.3 Å². The molecule has 0 spiro atoms. The van der Waals surface area contributed by atoms with Crippen molar-refractivity contribution in [3.05, 3.63) is 11.6 Å². The molecule has 0 amide bonds. The Labute approximate surface area is 96.0 Å². The normalized spacial score (nSPS) is 10.9. The van der Waals surface area contributed by atoms with Crippen molar-refractivity contribution < 1.29 is 0 Å². The minimum atomic E-state index is 0.750. The Balaban J connectivity index is 3.91. The number of nitrogens with zero attached hydrogens (tertiary/aromatic N) is 2. The van der Waals surface area contributed by atoms with Gasteiger partial charge in [-0.1, -0.05) is 30.1 Å². The number of thioether (sulfide) groups is 1. The van der Waals surface area contributed by atoms with Crippen LogP contribution in [0.1, 0.15) is 20.8 Å². The molecular formula is C10H16N2S2. The Hall–Kier alpha value is -0.530.